The molecule has 0 radical (unpaired) electrons. The Bertz CT molecular complexity index is 736. The lowest BCUT2D eigenvalue weighted by Gasteiger charge is -2.18. The van der Waals surface area contributed by atoms with Crippen molar-refractivity contribution in [2.45, 2.75) is 20.8 Å². The molecule has 0 aliphatic carbocycles. The molecule has 23 heavy (non-hydrogen) atoms. The van der Waals surface area contributed by atoms with E-state index in [4.69, 9.17) is 11.6 Å². The molecule has 0 bridgehead atoms. The van der Waals surface area contributed by atoms with Crippen LogP contribution in [-0.2, 0) is 4.79 Å². The predicted molar refractivity (Wildman–Crippen MR) is 93.9 cm³/mol. The van der Waals surface area contributed by atoms with E-state index in [1.807, 2.05) is 20.8 Å². The number of carbonyl (C=O) groups is 2. The first-order valence-electron chi connectivity index (χ1n) is 7.24. The number of nitrogens with one attached hydrogen (secondary N) is 2. The van der Waals surface area contributed by atoms with Crippen LogP contribution in [0.5, 0.6) is 0 Å². The number of anilines is 2. The third-order valence-electron chi connectivity index (χ3n) is 3.15. The van der Waals surface area contributed by atoms with Gasteiger partial charge in [-0.25, -0.2) is 0 Å². The molecule has 0 saturated heterocycles. The molecule has 0 atom stereocenters. The third-order valence-corrected chi connectivity index (χ3v) is 3.38. The summed E-state index contributed by atoms with van der Waals surface area (Å²) in [5.74, 6) is -0.371. The maximum atomic E-state index is 12.3. The zero-order valence-corrected chi connectivity index (χ0v) is 14.1. The van der Waals surface area contributed by atoms with Gasteiger partial charge in [-0.05, 0) is 36.4 Å². The topological polar surface area (TPSA) is 58.2 Å². The molecule has 0 aliphatic heterocycles. The largest absolute Gasteiger partial charge is 0.326 e. The zero-order chi connectivity index (χ0) is 17.0. The third kappa shape index (κ3) is 4.83. The van der Waals surface area contributed by atoms with Crippen LogP contribution in [0, 0.1) is 5.41 Å². The monoisotopic (exact) mass is 330 g/mol. The summed E-state index contributed by atoms with van der Waals surface area (Å²) in [6.45, 7) is 5.49. The number of amides is 2. The number of benzene rings is 2. The standard InChI is InChI=1S/C18H19ClN2O2/c1-18(2,3)17(23)21-14-8-4-6-12(10-14)16(22)20-15-9-5-7-13(19)11-15/h4-11H,1-3H3,(H,20,22)(H,21,23). The van der Waals surface area contributed by atoms with Crippen molar-refractivity contribution in [3.63, 3.8) is 0 Å². The number of hydrogen-bond acceptors (Lipinski definition) is 2. The summed E-state index contributed by atoms with van der Waals surface area (Å²) >= 11 is 5.90. The Balaban J connectivity index is 2.13. The molecule has 2 rings (SSSR count). The summed E-state index contributed by atoms with van der Waals surface area (Å²) < 4.78 is 0. The second kappa shape index (κ2) is 6.84. The maximum absolute atomic E-state index is 12.3. The molecule has 4 nitrogen and oxygen atoms in total. The van der Waals surface area contributed by atoms with Crippen molar-refractivity contribution < 1.29 is 9.59 Å². The smallest absolute Gasteiger partial charge is 0.255 e. The average Bonchev–Trinajstić information content (AvgIpc) is 2.46. The molecule has 2 aromatic rings. The van der Waals surface area contributed by atoms with E-state index in [1.54, 1.807) is 48.5 Å². The van der Waals surface area contributed by atoms with Crippen molar-refractivity contribution in [1.82, 2.24) is 0 Å². The van der Waals surface area contributed by atoms with Crippen molar-refractivity contribution in [3.8, 4) is 0 Å². The van der Waals surface area contributed by atoms with E-state index in [-0.39, 0.29) is 11.8 Å². The highest BCUT2D eigenvalue weighted by atomic mass is 35.5. The fourth-order valence-corrected chi connectivity index (χ4v) is 2.02. The van der Waals surface area contributed by atoms with Gasteiger partial charge in [0, 0.05) is 27.4 Å². The molecule has 2 N–H and O–H groups in total. The highest BCUT2D eigenvalue weighted by Gasteiger charge is 2.21. The van der Waals surface area contributed by atoms with Crippen LogP contribution >= 0.6 is 11.6 Å². The van der Waals surface area contributed by atoms with Gasteiger partial charge < -0.3 is 10.6 Å². The molecule has 0 aliphatic rings. The Morgan fingerprint density at radius 1 is 0.913 bits per heavy atom. The lowest BCUT2D eigenvalue weighted by Crippen LogP contribution is -2.27. The van der Waals surface area contributed by atoms with Gasteiger partial charge in [0.1, 0.15) is 0 Å². The minimum atomic E-state index is -0.501. The molecule has 2 amide bonds. The Kier molecular flexibility index (Phi) is 5.06. The van der Waals surface area contributed by atoms with E-state index in [0.717, 1.165) is 0 Å². The van der Waals surface area contributed by atoms with Gasteiger partial charge in [-0.2, -0.15) is 0 Å². The van der Waals surface area contributed by atoms with Crippen LogP contribution in [0.3, 0.4) is 0 Å². The van der Waals surface area contributed by atoms with E-state index in [0.29, 0.717) is 22.0 Å². The summed E-state index contributed by atoms with van der Waals surface area (Å²) in [6, 6.07) is 13.7. The molecule has 0 unspecified atom stereocenters. The Hall–Kier alpha value is -2.33. The van der Waals surface area contributed by atoms with Crippen LogP contribution in [0.15, 0.2) is 48.5 Å². The quantitative estimate of drug-likeness (QED) is 0.865. The van der Waals surface area contributed by atoms with Crippen molar-refractivity contribution in [2.24, 2.45) is 5.41 Å². The predicted octanol–water partition coefficient (Wildman–Crippen LogP) is 4.58. The summed E-state index contributed by atoms with van der Waals surface area (Å²) in [5, 5.41) is 6.13. The van der Waals surface area contributed by atoms with Crippen LogP contribution in [0.25, 0.3) is 0 Å². The van der Waals surface area contributed by atoms with Gasteiger partial charge in [-0.1, -0.05) is 44.5 Å². The van der Waals surface area contributed by atoms with Crippen molar-refractivity contribution in [1.29, 1.82) is 0 Å². The first-order valence-corrected chi connectivity index (χ1v) is 7.62. The number of halogens is 1. The molecular weight excluding hydrogens is 312 g/mol. The first kappa shape index (κ1) is 17.0. The molecule has 0 heterocycles. The van der Waals surface area contributed by atoms with Gasteiger partial charge in [0.05, 0.1) is 0 Å². The van der Waals surface area contributed by atoms with Gasteiger partial charge >= 0.3 is 0 Å². The highest BCUT2D eigenvalue weighted by molar-refractivity contribution is 6.31. The van der Waals surface area contributed by atoms with Crippen molar-refractivity contribution >= 4 is 34.8 Å². The SMILES string of the molecule is CC(C)(C)C(=O)Nc1cccc(C(=O)Nc2cccc(Cl)c2)c1. The van der Waals surface area contributed by atoms with E-state index < -0.39 is 5.41 Å². The number of carbonyl (C=O) groups excluding carboxylic acids is 2. The maximum Gasteiger partial charge on any atom is 0.255 e. The van der Waals surface area contributed by atoms with Crippen molar-refractivity contribution in [3.05, 3.63) is 59.1 Å². The minimum Gasteiger partial charge on any atom is -0.326 e. The average molecular weight is 331 g/mol. The molecule has 0 fully saturated rings. The van der Waals surface area contributed by atoms with Crippen LogP contribution in [0.1, 0.15) is 31.1 Å². The van der Waals surface area contributed by atoms with Crippen LogP contribution in [-0.4, -0.2) is 11.8 Å². The van der Waals surface area contributed by atoms with Gasteiger partial charge in [0.2, 0.25) is 5.91 Å². The first-order chi connectivity index (χ1) is 10.8. The van der Waals surface area contributed by atoms with Crippen molar-refractivity contribution in [2.75, 3.05) is 10.6 Å². The van der Waals surface area contributed by atoms with E-state index in [1.165, 1.54) is 0 Å². The fourth-order valence-electron chi connectivity index (χ4n) is 1.83. The zero-order valence-electron chi connectivity index (χ0n) is 13.3. The number of hydrogen-bond donors (Lipinski definition) is 2. The summed E-state index contributed by atoms with van der Waals surface area (Å²) in [7, 11) is 0. The normalized spacial score (nSPS) is 11.0. The second-order valence-corrected chi connectivity index (χ2v) is 6.69. The summed E-state index contributed by atoms with van der Waals surface area (Å²) in [6.07, 6.45) is 0. The molecular formula is C18H19ClN2O2. The number of rotatable bonds is 3. The Labute approximate surface area is 140 Å². The van der Waals surface area contributed by atoms with Gasteiger partial charge in [-0.3, -0.25) is 9.59 Å². The lowest BCUT2D eigenvalue weighted by molar-refractivity contribution is -0.123. The van der Waals surface area contributed by atoms with Gasteiger partial charge in [0.15, 0.2) is 0 Å². The van der Waals surface area contributed by atoms with Gasteiger partial charge in [-0.15, -0.1) is 0 Å². The highest BCUT2D eigenvalue weighted by Crippen LogP contribution is 2.19. The minimum absolute atomic E-state index is 0.107. The fraction of sp³-hybridized carbons (Fsp3) is 0.222. The van der Waals surface area contributed by atoms with E-state index in [9.17, 15) is 9.59 Å². The van der Waals surface area contributed by atoms with E-state index >= 15 is 0 Å². The van der Waals surface area contributed by atoms with Crippen LogP contribution in [0.4, 0.5) is 11.4 Å². The molecule has 5 heteroatoms. The van der Waals surface area contributed by atoms with Crippen LogP contribution < -0.4 is 10.6 Å². The Morgan fingerprint density at radius 2 is 1.52 bits per heavy atom. The molecule has 2 aromatic carbocycles. The van der Waals surface area contributed by atoms with Crippen LogP contribution in [0.2, 0.25) is 5.02 Å². The lowest BCUT2D eigenvalue weighted by atomic mass is 9.95. The molecule has 0 aromatic heterocycles. The summed E-state index contributed by atoms with van der Waals surface area (Å²) in [5.41, 5.74) is 1.16. The Morgan fingerprint density at radius 3 is 2.13 bits per heavy atom. The molecule has 120 valence electrons. The molecule has 0 spiro atoms. The second-order valence-electron chi connectivity index (χ2n) is 6.25. The molecule has 0 saturated carbocycles. The van der Waals surface area contributed by atoms with Gasteiger partial charge in [0.25, 0.3) is 5.91 Å². The van der Waals surface area contributed by atoms with E-state index in [2.05, 4.69) is 10.6 Å². The summed E-state index contributed by atoms with van der Waals surface area (Å²) in [4.78, 5) is 24.3.